The fourth-order valence-corrected chi connectivity index (χ4v) is 1.89. The van der Waals surface area contributed by atoms with Crippen molar-refractivity contribution in [2.75, 3.05) is 0 Å². The number of hydrogen-bond donors (Lipinski definition) is 1. The lowest BCUT2D eigenvalue weighted by molar-refractivity contribution is -0.0497. The molecule has 1 N–H and O–H groups in total. The Morgan fingerprint density at radius 1 is 1.43 bits per heavy atom. The summed E-state index contributed by atoms with van der Waals surface area (Å²) in [5.74, 6) is 0.140. The van der Waals surface area contributed by atoms with Crippen LogP contribution < -0.4 is 4.74 Å². The molecule has 0 amide bonds. The fourth-order valence-electron chi connectivity index (χ4n) is 1.15. The van der Waals surface area contributed by atoms with Crippen LogP contribution in [0.2, 0.25) is 0 Å². The first kappa shape index (κ1) is 9.63. The summed E-state index contributed by atoms with van der Waals surface area (Å²) in [5, 5.41) is 0. The van der Waals surface area contributed by atoms with Crippen molar-refractivity contribution in [3.05, 3.63) is 22.0 Å². The molecule has 0 aliphatic heterocycles. The highest BCUT2D eigenvalue weighted by Gasteiger charge is 2.08. The van der Waals surface area contributed by atoms with E-state index in [0.717, 1.165) is 9.09 Å². The molecular formula is C8H5F2IN2O. The van der Waals surface area contributed by atoms with Gasteiger partial charge in [0.05, 0.1) is 11.8 Å². The molecule has 0 unspecified atom stereocenters. The van der Waals surface area contributed by atoms with Crippen LogP contribution in [0.5, 0.6) is 5.75 Å². The van der Waals surface area contributed by atoms with Crippen molar-refractivity contribution in [2.45, 2.75) is 6.61 Å². The van der Waals surface area contributed by atoms with E-state index < -0.39 is 6.61 Å². The second-order valence-electron chi connectivity index (χ2n) is 2.58. The number of alkyl halides is 2. The first-order valence-electron chi connectivity index (χ1n) is 3.74. The molecular weight excluding hydrogens is 305 g/mol. The maximum atomic E-state index is 11.9. The van der Waals surface area contributed by atoms with Crippen molar-refractivity contribution in [2.24, 2.45) is 0 Å². The van der Waals surface area contributed by atoms with Crippen molar-refractivity contribution >= 4 is 33.6 Å². The van der Waals surface area contributed by atoms with Gasteiger partial charge >= 0.3 is 6.61 Å². The number of aromatic amines is 1. The first-order valence-corrected chi connectivity index (χ1v) is 4.82. The molecule has 14 heavy (non-hydrogen) atoms. The number of halogens is 3. The zero-order valence-corrected chi connectivity index (χ0v) is 8.96. The average molecular weight is 310 g/mol. The minimum atomic E-state index is -2.80. The van der Waals surface area contributed by atoms with E-state index in [1.54, 1.807) is 0 Å². The Labute approximate surface area is 91.6 Å². The molecule has 0 saturated carbocycles. The Morgan fingerprint density at radius 2 is 2.21 bits per heavy atom. The van der Waals surface area contributed by atoms with Crippen LogP contribution in [-0.2, 0) is 0 Å². The number of H-pyrrole nitrogens is 1. The van der Waals surface area contributed by atoms with Crippen LogP contribution >= 0.6 is 22.6 Å². The largest absolute Gasteiger partial charge is 0.435 e. The van der Waals surface area contributed by atoms with Gasteiger partial charge in [0.2, 0.25) is 0 Å². The molecule has 0 bridgehead atoms. The fraction of sp³-hybridized carbons (Fsp3) is 0.125. The number of benzene rings is 1. The molecule has 74 valence electrons. The summed E-state index contributed by atoms with van der Waals surface area (Å²) in [6, 6.07) is 3.02. The average Bonchev–Trinajstić information content (AvgIpc) is 2.50. The zero-order chi connectivity index (χ0) is 10.1. The maximum absolute atomic E-state index is 11.9. The maximum Gasteiger partial charge on any atom is 0.387 e. The van der Waals surface area contributed by atoms with Crippen LogP contribution in [0.4, 0.5) is 8.78 Å². The van der Waals surface area contributed by atoms with E-state index in [-0.39, 0.29) is 5.75 Å². The van der Waals surface area contributed by atoms with Gasteiger partial charge in [-0.25, -0.2) is 4.98 Å². The molecule has 6 heteroatoms. The summed E-state index contributed by atoms with van der Waals surface area (Å²) in [5.41, 5.74) is 1.44. The van der Waals surface area contributed by atoms with E-state index in [1.807, 2.05) is 22.6 Å². The third-order valence-electron chi connectivity index (χ3n) is 1.68. The Morgan fingerprint density at radius 3 is 2.93 bits per heavy atom. The summed E-state index contributed by atoms with van der Waals surface area (Å²) in [4.78, 5) is 6.87. The Balaban J connectivity index is 2.47. The van der Waals surface area contributed by atoms with E-state index in [9.17, 15) is 8.78 Å². The van der Waals surface area contributed by atoms with Gasteiger partial charge in [0.15, 0.2) is 0 Å². The summed E-state index contributed by atoms with van der Waals surface area (Å²) in [6.07, 6.45) is 1.51. The highest BCUT2D eigenvalue weighted by molar-refractivity contribution is 14.1. The molecule has 0 aliphatic carbocycles. The van der Waals surface area contributed by atoms with Crippen LogP contribution in [0.3, 0.4) is 0 Å². The molecule has 0 aliphatic rings. The molecule has 0 spiro atoms. The number of nitrogens with one attached hydrogen (secondary N) is 1. The Hall–Kier alpha value is -0.920. The molecule has 0 fully saturated rings. The molecule has 2 rings (SSSR count). The first-order chi connectivity index (χ1) is 6.66. The Kier molecular flexibility index (Phi) is 2.53. The van der Waals surface area contributed by atoms with Gasteiger partial charge in [0, 0.05) is 9.64 Å². The number of nitrogens with zero attached hydrogens (tertiary/aromatic N) is 1. The van der Waals surface area contributed by atoms with Crippen LogP contribution in [0.15, 0.2) is 18.5 Å². The van der Waals surface area contributed by atoms with Crippen LogP contribution in [0.1, 0.15) is 0 Å². The SMILES string of the molecule is FC(F)Oc1cc(I)c2nc[nH]c2c1. The van der Waals surface area contributed by atoms with E-state index in [1.165, 1.54) is 18.5 Å². The summed E-state index contributed by atoms with van der Waals surface area (Å²) in [6.45, 7) is -2.80. The lowest BCUT2D eigenvalue weighted by Crippen LogP contribution is -2.01. The number of ether oxygens (including phenoxy) is 1. The second-order valence-corrected chi connectivity index (χ2v) is 3.74. The van der Waals surface area contributed by atoms with Gasteiger partial charge in [-0.3, -0.25) is 0 Å². The number of hydrogen-bond acceptors (Lipinski definition) is 2. The van der Waals surface area contributed by atoms with Gasteiger partial charge < -0.3 is 9.72 Å². The van der Waals surface area contributed by atoms with Gasteiger partial charge in [-0.1, -0.05) is 0 Å². The van der Waals surface area contributed by atoms with Crippen LogP contribution in [0.25, 0.3) is 11.0 Å². The lowest BCUT2D eigenvalue weighted by Gasteiger charge is -2.04. The number of rotatable bonds is 2. The number of imidazole rings is 1. The smallest absolute Gasteiger partial charge is 0.387 e. The van der Waals surface area contributed by atoms with Crippen molar-refractivity contribution in [3.63, 3.8) is 0 Å². The topological polar surface area (TPSA) is 37.9 Å². The number of fused-ring (bicyclic) bond motifs is 1. The summed E-state index contributed by atoms with van der Waals surface area (Å²) in [7, 11) is 0. The van der Waals surface area contributed by atoms with E-state index in [4.69, 9.17) is 0 Å². The van der Waals surface area contributed by atoms with Gasteiger partial charge in [-0.15, -0.1) is 0 Å². The standard InChI is InChI=1S/C8H5F2IN2O/c9-8(10)14-4-1-5(11)7-6(2-4)12-3-13-7/h1-3,8H,(H,12,13). The molecule has 3 nitrogen and oxygen atoms in total. The van der Waals surface area contributed by atoms with Gasteiger partial charge in [-0.05, 0) is 28.7 Å². The van der Waals surface area contributed by atoms with Gasteiger partial charge in [-0.2, -0.15) is 8.78 Å². The summed E-state index contributed by atoms with van der Waals surface area (Å²) >= 11 is 2.02. The van der Waals surface area contributed by atoms with Crippen molar-refractivity contribution < 1.29 is 13.5 Å². The van der Waals surface area contributed by atoms with Crippen molar-refractivity contribution in [1.29, 1.82) is 0 Å². The predicted molar refractivity (Wildman–Crippen MR) is 55.4 cm³/mol. The molecule has 2 aromatic rings. The minimum Gasteiger partial charge on any atom is -0.435 e. The third kappa shape index (κ3) is 1.79. The van der Waals surface area contributed by atoms with E-state index in [2.05, 4.69) is 14.7 Å². The molecule has 0 saturated heterocycles. The zero-order valence-electron chi connectivity index (χ0n) is 6.80. The molecule has 0 radical (unpaired) electrons. The minimum absolute atomic E-state index is 0.140. The molecule has 0 atom stereocenters. The van der Waals surface area contributed by atoms with Crippen molar-refractivity contribution in [3.8, 4) is 5.75 Å². The summed E-state index contributed by atoms with van der Waals surface area (Å²) < 4.78 is 28.9. The van der Waals surface area contributed by atoms with E-state index >= 15 is 0 Å². The third-order valence-corrected chi connectivity index (χ3v) is 2.50. The van der Waals surface area contributed by atoms with Gasteiger partial charge in [0.1, 0.15) is 11.3 Å². The molecule has 1 aromatic heterocycles. The lowest BCUT2D eigenvalue weighted by atomic mass is 10.3. The van der Waals surface area contributed by atoms with Gasteiger partial charge in [0.25, 0.3) is 0 Å². The molecule has 1 heterocycles. The van der Waals surface area contributed by atoms with Crippen LogP contribution in [-0.4, -0.2) is 16.6 Å². The van der Waals surface area contributed by atoms with Crippen molar-refractivity contribution in [1.82, 2.24) is 9.97 Å². The molecule has 1 aromatic carbocycles. The van der Waals surface area contributed by atoms with E-state index in [0.29, 0.717) is 5.52 Å². The number of aromatic nitrogens is 2. The predicted octanol–water partition coefficient (Wildman–Crippen LogP) is 2.77. The Bertz CT molecular complexity index is 458. The highest BCUT2D eigenvalue weighted by Crippen LogP contribution is 2.25. The normalized spacial score (nSPS) is 11.1. The quantitative estimate of drug-likeness (QED) is 0.866. The second kappa shape index (κ2) is 3.68. The monoisotopic (exact) mass is 310 g/mol. The highest BCUT2D eigenvalue weighted by atomic mass is 127. The van der Waals surface area contributed by atoms with Crippen LogP contribution in [0, 0.1) is 3.57 Å².